The minimum absolute atomic E-state index is 0.0361. The van der Waals surface area contributed by atoms with Crippen molar-refractivity contribution in [3.63, 3.8) is 0 Å². The van der Waals surface area contributed by atoms with Gasteiger partial charge in [-0.25, -0.2) is 0 Å². The van der Waals surface area contributed by atoms with Crippen molar-refractivity contribution in [2.24, 2.45) is 22.3 Å². The Morgan fingerprint density at radius 3 is 1.00 bits per heavy atom. The Morgan fingerprint density at radius 1 is 0.398 bits per heavy atom. The highest BCUT2D eigenvalue weighted by molar-refractivity contribution is 5.92. The third-order valence-electron chi connectivity index (χ3n) is 15.6. The summed E-state index contributed by atoms with van der Waals surface area (Å²) >= 11 is 0. The Kier molecular flexibility index (Phi) is 27.9. The van der Waals surface area contributed by atoms with E-state index >= 15 is 0 Å². The Balaban J connectivity index is 0.000000229. The van der Waals surface area contributed by atoms with Crippen molar-refractivity contribution in [3.8, 4) is 23.0 Å². The van der Waals surface area contributed by atoms with Gasteiger partial charge in [0.05, 0.1) is 23.9 Å². The van der Waals surface area contributed by atoms with Gasteiger partial charge < -0.3 is 112 Å². The molecule has 0 spiro atoms. The van der Waals surface area contributed by atoms with Gasteiger partial charge in [-0.2, -0.15) is 0 Å². The van der Waals surface area contributed by atoms with E-state index in [0.29, 0.717) is 11.1 Å². The van der Waals surface area contributed by atoms with E-state index in [-0.39, 0.29) is 63.7 Å². The second kappa shape index (κ2) is 34.9. The first-order valence-electron chi connectivity index (χ1n) is 29.6. The van der Waals surface area contributed by atoms with E-state index in [1.54, 1.807) is 6.07 Å². The van der Waals surface area contributed by atoms with Crippen LogP contribution >= 0.6 is 0 Å². The lowest BCUT2D eigenvalue weighted by atomic mass is 9.81. The lowest BCUT2D eigenvalue weighted by Crippen LogP contribution is -2.62. The minimum atomic E-state index is -0.972. The number of phenolic OH excluding ortho intramolecular Hbond substituents is 4. The summed E-state index contributed by atoms with van der Waals surface area (Å²) in [6.07, 6.45) is 4.05. The van der Waals surface area contributed by atoms with E-state index in [0.717, 1.165) is 194 Å². The van der Waals surface area contributed by atoms with Gasteiger partial charge in [0.25, 0.3) is 0 Å². The number of hydrogen-bond acceptors (Lipinski definition) is 21. The molecule has 460 valence electrons. The molecule has 0 saturated carbocycles. The first-order valence-corrected chi connectivity index (χ1v) is 29.6. The molecule has 0 atom stereocenters. The molecule has 23 nitrogen and oxygen atoms in total. The van der Waals surface area contributed by atoms with E-state index < -0.39 is 5.97 Å². The van der Waals surface area contributed by atoms with Crippen molar-refractivity contribution in [2.75, 3.05) is 168 Å². The van der Waals surface area contributed by atoms with Crippen LogP contribution in [-0.2, 0) is 35.3 Å². The van der Waals surface area contributed by atoms with Crippen molar-refractivity contribution in [1.82, 2.24) is 63.8 Å². The number of nitrogens with two attached hydrogens (primary N) is 3. The van der Waals surface area contributed by atoms with Crippen molar-refractivity contribution >= 4 is 23.3 Å². The molecule has 0 aromatic heterocycles. The van der Waals surface area contributed by atoms with Crippen molar-refractivity contribution < 1.29 is 35.1 Å². The molecule has 6 aliphatic rings. The quantitative estimate of drug-likeness (QED) is 0.0609. The summed E-state index contributed by atoms with van der Waals surface area (Å²) in [5.74, 6) is -2.12. The molecule has 6 fully saturated rings. The van der Waals surface area contributed by atoms with Crippen LogP contribution in [-0.4, -0.2) is 206 Å². The Labute approximate surface area is 490 Å². The summed E-state index contributed by atoms with van der Waals surface area (Å²) in [6, 6.07) is 24.7. The zero-order valence-electron chi connectivity index (χ0n) is 48.6. The van der Waals surface area contributed by atoms with Gasteiger partial charge in [-0.3, -0.25) is 9.59 Å². The summed E-state index contributed by atoms with van der Waals surface area (Å²) in [5.41, 5.74) is 24.0. The number of carboxylic acids is 1. The SMILES string of the molecule is NC12CNCCNCC(CCc3ccc(NC(=O)Cc4ccc(O)c(O)c4)cc3)(CNCCNC1)CNCCNC2.Nc1ccc(CCC23CNCCNCC(N)(CNCCNC2)CNCCNC3)cc1.O=C(O)Cc1ccc(O)c(O)c1. The Hall–Kier alpha value is -5.74. The number of carboxylic acid groups (broad SMARTS) is 1. The number of carbonyl (C=O) groups is 2. The maximum atomic E-state index is 12.5. The van der Waals surface area contributed by atoms with E-state index in [1.807, 2.05) is 24.3 Å². The summed E-state index contributed by atoms with van der Waals surface area (Å²) in [7, 11) is 0. The zero-order chi connectivity index (χ0) is 59.2. The van der Waals surface area contributed by atoms with Crippen LogP contribution in [0.1, 0.15) is 35.1 Å². The van der Waals surface area contributed by atoms with Gasteiger partial charge in [0, 0.05) is 179 Å². The molecule has 6 saturated heterocycles. The number of nitrogen functional groups attached to an aromatic ring is 1. The molecule has 0 unspecified atom stereocenters. The number of aryl methyl sites for hydroxylation is 2. The smallest absolute Gasteiger partial charge is 0.307 e. The van der Waals surface area contributed by atoms with Gasteiger partial charge in [-0.1, -0.05) is 36.4 Å². The van der Waals surface area contributed by atoms with Gasteiger partial charge in [0.15, 0.2) is 23.0 Å². The molecule has 23 heteroatoms. The van der Waals surface area contributed by atoms with Crippen LogP contribution in [0.3, 0.4) is 0 Å². The molecule has 6 heterocycles. The van der Waals surface area contributed by atoms with Crippen LogP contribution in [0.2, 0.25) is 0 Å². The minimum Gasteiger partial charge on any atom is -0.504 e. The van der Waals surface area contributed by atoms with Gasteiger partial charge in [0.1, 0.15) is 0 Å². The first kappa shape index (κ1) is 66.4. The molecule has 24 N–H and O–H groups in total. The van der Waals surface area contributed by atoms with Crippen molar-refractivity contribution in [1.29, 1.82) is 0 Å². The van der Waals surface area contributed by atoms with Crippen LogP contribution in [0.4, 0.5) is 11.4 Å². The largest absolute Gasteiger partial charge is 0.504 e. The molecule has 0 aliphatic carbocycles. The number of phenols is 4. The number of hydrogen-bond donors (Lipinski definition) is 21. The second-order valence-electron chi connectivity index (χ2n) is 23.2. The van der Waals surface area contributed by atoms with Crippen LogP contribution in [0.5, 0.6) is 23.0 Å². The maximum absolute atomic E-state index is 12.5. The van der Waals surface area contributed by atoms with Crippen molar-refractivity contribution in [3.05, 3.63) is 107 Å². The summed E-state index contributed by atoms with van der Waals surface area (Å²) in [4.78, 5) is 22.7. The standard InChI is InChI=1S/C30H48N8O3.C22H42N8.C8H8O4/c31-30-20-35-12-9-32-17-29(18-33-10-13-36-21-30,19-34-11-14-37-22-30)8-7-23-1-4-25(5-2-23)38-28(41)16-24-3-6-26(39)27(40)15-24;23-20-3-1-19(2-4-20)5-6-21-13-25-7-10-28-16-22(24,17-29-11-8-26-14-21)18-30-12-9-27-15-21;9-6-2-1-5(3-7(6)10)4-8(11)12/h1-6,15,32-37,39-40H,7-14,16-22,31H2,(H,38,41);1-4,25-30H,5-18,23-24H2;1-3,9-10H,4H2,(H,11,12). The van der Waals surface area contributed by atoms with Gasteiger partial charge >= 0.3 is 5.97 Å². The monoisotopic (exact) mass is 1150 g/mol. The molecule has 10 rings (SSSR count). The lowest BCUT2D eigenvalue weighted by molar-refractivity contribution is -0.136. The molecule has 4 aromatic rings. The number of carbonyl (C=O) groups excluding carboxylic acids is 1. The zero-order valence-corrected chi connectivity index (χ0v) is 48.6. The average molecular weight is 1160 g/mol. The highest BCUT2D eigenvalue weighted by Crippen LogP contribution is 2.28. The summed E-state index contributed by atoms with van der Waals surface area (Å²) in [6.45, 7) is 21.3. The third-order valence-corrected chi connectivity index (χ3v) is 15.6. The van der Waals surface area contributed by atoms with E-state index in [4.69, 9.17) is 32.5 Å². The molecule has 4 bridgehead atoms. The number of benzene rings is 4. The predicted molar refractivity (Wildman–Crippen MR) is 330 cm³/mol. The number of fused-ring (bicyclic) bond motifs is 30. The fourth-order valence-electron chi connectivity index (χ4n) is 10.7. The van der Waals surface area contributed by atoms with Crippen molar-refractivity contribution in [2.45, 2.75) is 49.6 Å². The average Bonchev–Trinajstić information content (AvgIpc) is 3.56. The van der Waals surface area contributed by atoms with E-state index in [9.17, 15) is 19.8 Å². The Morgan fingerprint density at radius 2 is 0.687 bits per heavy atom. The number of aromatic hydroxyl groups is 4. The highest BCUT2D eigenvalue weighted by atomic mass is 16.4. The first-order chi connectivity index (χ1) is 40.0. The van der Waals surface area contributed by atoms with Gasteiger partial charge in [-0.05, 0) is 96.5 Å². The van der Waals surface area contributed by atoms with Gasteiger partial charge in [0.2, 0.25) is 5.91 Å². The highest BCUT2D eigenvalue weighted by Gasteiger charge is 2.32. The van der Waals surface area contributed by atoms with Gasteiger partial charge in [-0.15, -0.1) is 0 Å². The molecular weight excluding hydrogens is 1060 g/mol. The third kappa shape index (κ3) is 24.8. The molecular formula is C60H98N16O7. The normalized spacial score (nSPS) is 24.8. The topological polar surface area (TPSA) is 370 Å². The van der Waals surface area contributed by atoms with Crippen LogP contribution in [0.15, 0.2) is 84.9 Å². The maximum Gasteiger partial charge on any atom is 0.307 e. The number of nitrogens with one attached hydrogen (secondary N) is 13. The fraction of sp³-hybridized carbons (Fsp3) is 0.567. The van der Waals surface area contributed by atoms with E-state index in [1.165, 1.54) is 41.5 Å². The second-order valence-corrected chi connectivity index (χ2v) is 23.2. The number of aliphatic carboxylic acids is 1. The van der Waals surface area contributed by atoms with Crippen LogP contribution in [0, 0.1) is 10.8 Å². The molecule has 1 amide bonds. The summed E-state index contributed by atoms with van der Waals surface area (Å²) < 4.78 is 0. The van der Waals surface area contributed by atoms with Crippen LogP contribution < -0.4 is 86.3 Å². The molecule has 83 heavy (non-hydrogen) atoms. The molecule has 0 radical (unpaired) electrons. The van der Waals surface area contributed by atoms with Crippen LogP contribution in [0.25, 0.3) is 0 Å². The lowest BCUT2D eigenvalue weighted by Gasteiger charge is -2.37. The number of amides is 1. The fourth-order valence-corrected chi connectivity index (χ4v) is 10.7. The molecule has 6 aliphatic heterocycles. The Bertz CT molecular complexity index is 2440. The predicted octanol–water partition coefficient (Wildman–Crippen LogP) is -1.36. The summed E-state index contributed by atoms with van der Waals surface area (Å²) in [5, 5.41) is 91.9. The number of rotatable bonds is 11. The van der Waals surface area contributed by atoms with E-state index in [2.05, 4.69) is 93.4 Å². The number of anilines is 2. The molecule has 4 aromatic carbocycles.